The highest BCUT2D eigenvalue weighted by atomic mass is 19.1. The minimum absolute atomic E-state index is 0.115. The number of rotatable bonds is 3. The van der Waals surface area contributed by atoms with E-state index in [0.717, 1.165) is 16.5 Å². The van der Waals surface area contributed by atoms with Gasteiger partial charge in [-0.05, 0) is 18.2 Å². The molecule has 0 saturated heterocycles. The van der Waals surface area contributed by atoms with Crippen molar-refractivity contribution in [3.63, 3.8) is 0 Å². The van der Waals surface area contributed by atoms with Gasteiger partial charge in [-0.3, -0.25) is 4.98 Å². The van der Waals surface area contributed by atoms with Crippen molar-refractivity contribution in [3.8, 4) is 5.75 Å². The second kappa shape index (κ2) is 5.17. The Morgan fingerprint density at radius 2 is 1.95 bits per heavy atom. The normalized spacial score (nSPS) is 10.7. The van der Waals surface area contributed by atoms with Gasteiger partial charge in [0.2, 0.25) is 0 Å². The molecule has 4 heteroatoms. The van der Waals surface area contributed by atoms with Crippen LogP contribution in [-0.4, -0.2) is 4.98 Å². The number of aromatic nitrogens is 1. The number of ether oxygens (including phenoxy) is 1. The second-order valence-electron chi connectivity index (χ2n) is 4.46. The molecular formula is C16H13FN2O. The Bertz CT molecular complexity index is 753. The zero-order valence-electron chi connectivity index (χ0n) is 10.7. The topological polar surface area (TPSA) is 48.1 Å². The van der Waals surface area contributed by atoms with E-state index >= 15 is 0 Å². The monoisotopic (exact) mass is 268 g/mol. The largest absolute Gasteiger partial charge is 0.489 e. The summed E-state index contributed by atoms with van der Waals surface area (Å²) in [6, 6.07) is 14.2. The van der Waals surface area contributed by atoms with Crippen LogP contribution in [0.3, 0.4) is 0 Å². The van der Waals surface area contributed by atoms with Crippen LogP contribution in [0.4, 0.5) is 10.1 Å². The fourth-order valence-corrected chi connectivity index (χ4v) is 2.04. The molecular weight excluding hydrogens is 255 g/mol. The molecule has 2 aromatic carbocycles. The predicted molar refractivity (Wildman–Crippen MR) is 76.9 cm³/mol. The van der Waals surface area contributed by atoms with Gasteiger partial charge in [0.1, 0.15) is 18.2 Å². The molecule has 1 heterocycles. The first-order valence-electron chi connectivity index (χ1n) is 6.24. The minimum atomic E-state index is -0.474. The van der Waals surface area contributed by atoms with Gasteiger partial charge in [-0.15, -0.1) is 0 Å². The molecule has 2 N–H and O–H groups in total. The highest BCUT2D eigenvalue weighted by molar-refractivity contribution is 5.81. The van der Waals surface area contributed by atoms with Crippen molar-refractivity contribution in [2.45, 2.75) is 6.61 Å². The van der Waals surface area contributed by atoms with E-state index in [1.165, 1.54) is 12.1 Å². The molecule has 0 atom stereocenters. The Morgan fingerprint density at radius 3 is 2.80 bits per heavy atom. The van der Waals surface area contributed by atoms with Crippen molar-refractivity contribution in [1.82, 2.24) is 4.98 Å². The van der Waals surface area contributed by atoms with Crippen molar-refractivity contribution in [3.05, 3.63) is 66.1 Å². The van der Waals surface area contributed by atoms with Gasteiger partial charge in [-0.1, -0.05) is 24.3 Å². The van der Waals surface area contributed by atoms with Crippen molar-refractivity contribution in [1.29, 1.82) is 0 Å². The molecule has 0 radical (unpaired) electrons. The average Bonchev–Trinajstić information content (AvgIpc) is 2.48. The van der Waals surface area contributed by atoms with Crippen LogP contribution in [0.25, 0.3) is 10.9 Å². The summed E-state index contributed by atoms with van der Waals surface area (Å²) in [7, 11) is 0. The maximum atomic E-state index is 13.3. The molecule has 3 nitrogen and oxygen atoms in total. The van der Waals surface area contributed by atoms with Gasteiger partial charge in [-0.2, -0.15) is 0 Å². The maximum Gasteiger partial charge on any atom is 0.149 e. The summed E-state index contributed by atoms with van der Waals surface area (Å²) in [4.78, 5) is 4.35. The lowest BCUT2D eigenvalue weighted by Gasteiger charge is -2.09. The second-order valence-corrected chi connectivity index (χ2v) is 4.46. The number of hydrogen-bond donors (Lipinski definition) is 1. The summed E-state index contributed by atoms with van der Waals surface area (Å²) in [5.74, 6) is -0.0248. The van der Waals surface area contributed by atoms with Crippen LogP contribution >= 0.6 is 0 Å². The fourth-order valence-electron chi connectivity index (χ4n) is 2.04. The third-order valence-electron chi connectivity index (χ3n) is 3.08. The molecule has 0 aliphatic rings. The molecule has 0 amide bonds. The highest BCUT2D eigenvalue weighted by Gasteiger charge is 2.04. The molecule has 20 heavy (non-hydrogen) atoms. The Kier molecular flexibility index (Phi) is 3.21. The third kappa shape index (κ3) is 2.40. The molecule has 1 aromatic heterocycles. The zero-order chi connectivity index (χ0) is 13.9. The van der Waals surface area contributed by atoms with Gasteiger partial charge < -0.3 is 10.5 Å². The van der Waals surface area contributed by atoms with Crippen LogP contribution in [0.15, 0.2) is 54.7 Å². The number of hydrogen-bond acceptors (Lipinski definition) is 3. The molecule has 0 aliphatic heterocycles. The van der Waals surface area contributed by atoms with E-state index in [2.05, 4.69) is 4.98 Å². The standard InChI is InChI=1S/C16H13FN2O/c17-14-9-13(6-7-15(14)18)20-10-12-4-1-3-11-5-2-8-19-16(11)12/h1-9H,10,18H2. The number of para-hydroxylation sites is 1. The minimum Gasteiger partial charge on any atom is -0.489 e. The lowest BCUT2D eigenvalue weighted by molar-refractivity contribution is 0.306. The number of nitrogens with two attached hydrogens (primary N) is 1. The maximum absolute atomic E-state index is 13.3. The number of benzene rings is 2. The van der Waals surface area contributed by atoms with Crippen molar-refractivity contribution in [2.75, 3.05) is 5.73 Å². The van der Waals surface area contributed by atoms with Crippen molar-refractivity contribution < 1.29 is 9.13 Å². The van der Waals surface area contributed by atoms with Crippen LogP contribution in [0.5, 0.6) is 5.75 Å². The van der Waals surface area contributed by atoms with E-state index in [9.17, 15) is 4.39 Å². The Hall–Kier alpha value is -2.62. The number of nitrogens with zero attached hydrogens (tertiary/aromatic N) is 1. The number of fused-ring (bicyclic) bond motifs is 1. The van der Waals surface area contributed by atoms with Gasteiger partial charge in [0, 0.05) is 23.2 Å². The first kappa shape index (κ1) is 12.4. The summed E-state index contributed by atoms with van der Waals surface area (Å²) in [5.41, 5.74) is 7.40. The van der Waals surface area contributed by atoms with Crippen molar-refractivity contribution in [2.24, 2.45) is 0 Å². The Balaban J connectivity index is 1.85. The summed E-state index contributed by atoms with van der Waals surface area (Å²) in [6.07, 6.45) is 1.74. The van der Waals surface area contributed by atoms with Crippen LogP contribution in [0.2, 0.25) is 0 Å². The van der Waals surface area contributed by atoms with Gasteiger partial charge in [0.05, 0.1) is 11.2 Å². The van der Waals surface area contributed by atoms with E-state index in [1.54, 1.807) is 12.3 Å². The smallest absolute Gasteiger partial charge is 0.149 e. The SMILES string of the molecule is Nc1ccc(OCc2cccc3cccnc23)cc1F. The summed E-state index contributed by atoms with van der Waals surface area (Å²) < 4.78 is 18.9. The fraction of sp³-hybridized carbons (Fsp3) is 0.0625. The molecule has 0 spiro atoms. The first-order valence-corrected chi connectivity index (χ1v) is 6.24. The van der Waals surface area contributed by atoms with E-state index in [4.69, 9.17) is 10.5 Å². The molecule has 0 bridgehead atoms. The van der Waals surface area contributed by atoms with Crippen LogP contribution in [0, 0.1) is 5.82 Å². The van der Waals surface area contributed by atoms with E-state index in [-0.39, 0.29) is 5.69 Å². The Morgan fingerprint density at radius 1 is 1.10 bits per heavy atom. The first-order chi connectivity index (χ1) is 9.74. The zero-order valence-corrected chi connectivity index (χ0v) is 10.7. The molecule has 0 saturated carbocycles. The summed E-state index contributed by atoms with van der Waals surface area (Å²) >= 11 is 0. The summed E-state index contributed by atoms with van der Waals surface area (Å²) in [6.45, 7) is 0.331. The van der Waals surface area contributed by atoms with Crippen LogP contribution < -0.4 is 10.5 Å². The van der Waals surface area contributed by atoms with E-state index in [0.29, 0.717) is 12.4 Å². The number of anilines is 1. The van der Waals surface area contributed by atoms with Gasteiger partial charge in [-0.25, -0.2) is 4.39 Å². The number of nitrogen functional groups attached to an aromatic ring is 1. The lowest BCUT2D eigenvalue weighted by atomic mass is 10.1. The van der Waals surface area contributed by atoms with E-state index < -0.39 is 5.82 Å². The quantitative estimate of drug-likeness (QED) is 0.739. The number of halogens is 1. The lowest BCUT2D eigenvalue weighted by Crippen LogP contribution is -1.98. The molecule has 0 unspecified atom stereocenters. The summed E-state index contributed by atoms with van der Waals surface area (Å²) in [5, 5.41) is 1.05. The highest BCUT2D eigenvalue weighted by Crippen LogP contribution is 2.21. The van der Waals surface area contributed by atoms with Gasteiger partial charge >= 0.3 is 0 Å². The van der Waals surface area contributed by atoms with Crippen molar-refractivity contribution >= 4 is 16.6 Å². The molecule has 100 valence electrons. The van der Waals surface area contributed by atoms with Crippen LogP contribution in [-0.2, 0) is 6.61 Å². The molecule has 3 rings (SSSR count). The Labute approximate surface area is 115 Å². The van der Waals surface area contributed by atoms with Crippen LogP contribution in [0.1, 0.15) is 5.56 Å². The molecule has 3 aromatic rings. The molecule has 0 aliphatic carbocycles. The van der Waals surface area contributed by atoms with E-state index in [1.807, 2.05) is 30.3 Å². The van der Waals surface area contributed by atoms with Gasteiger partial charge in [0.15, 0.2) is 0 Å². The molecule has 0 fully saturated rings. The average molecular weight is 268 g/mol. The third-order valence-corrected chi connectivity index (χ3v) is 3.08. The van der Waals surface area contributed by atoms with Gasteiger partial charge in [0.25, 0.3) is 0 Å². The number of pyridine rings is 1. The predicted octanol–water partition coefficient (Wildman–Crippen LogP) is 3.54.